The molecule has 4 aromatic rings. The Morgan fingerprint density at radius 1 is 1.00 bits per heavy atom. The average Bonchev–Trinajstić information content (AvgIpc) is 3.22. The van der Waals surface area contributed by atoms with Gasteiger partial charge in [-0.2, -0.15) is 5.10 Å². The Hall–Kier alpha value is -3.86. The van der Waals surface area contributed by atoms with E-state index in [0.717, 1.165) is 22.2 Å². The van der Waals surface area contributed by atoms with E-state index in [2.05, 4.69) is 41.1 Å². The van der Waals surface area contributed by atoms with E-state index in [9.17, 15) is 4.79 Å². The van der Waals surface area contributed by atoms with Gasteiger partial charge in [-0.15, -0.1) is 0 Å². The summed E-state index contributed by atoms with van der Waals surface area (Å²) in [6, 6.07) is 21.6. The molecule has 1 N–H and O–H groups in total. The van der Waals surface area contributed by atoms with Crippen molar-refractivity contribution in [2.24, 2.45) is 5.10 Å². The summed E-state index contributed by atoms with van der Waals surface area (Å²) >= 11 is 0. The van der Waals surface area contributed by atoms with E-state index in [0.29, 0.717) is 11.3 Å². The van der Waals surface area contributed by atoms with Crippen LogP contribution in [0.4, 0.5) is 0 Å². The summed E-state index contributed by atoms with van der Waals surface area (Å²) in [4.78, 5) is 12.7. The van der Waals surface area contributed by atoms with Crippen LogP contribution >= 0.6 is 0 Å². The number of ether oxygens (including phenoxy) is 1. The standard InChI is InChI=1S/C25H23N3O2/c1-17-8-6-12-23(18(17)2)28-13-7-11-21(28)16-26-27-25(29)22-14-19-9-4-5-10-20(19)15-24(22)30-3/h4-16H,1-3H3,(H,27,29)/b26-16-. The number of aromatic nitrogens is 1. The molecule has 1 heterocycles. The lowest BCUT2D eigenvalue weighted by Gasteiger charge is -2.12. The van der Waals surface area contributed by atoms with Gasteiger partial charge < -0.3 is 9.30 Å². The lowest BCUT2D eigenvalue weighted by Crippen LogP contribution is -2.18. The molecule has 0 spiro atoms. The van der Waals surface area contributed by atoms with Gasteiger partial charge in [-0.3, -0.25) is 4.79 Å². The largest absolute Gasteiger partial charge is 0.496 e. The maximum atomic E-state index is 12.7. The number of benzene rings is 3. The molecule has 5 heteroatoms. The highest BCUT2D eigenvalue weighted by atomic mass is 16.5. The minimum atomic E-state index is -0.321. The van der Waals surface area contributed by atoms with Gasteiger partial charge in [0.2, 0.25) is 0 Å². The predicted molar refractivity (Wildman–Crippen MR) is 121 cm³/mol. The second-order valence-electron chi connectivity index (χ2n) is 7.12. The lowest BCUT2D eigenvalue weighted by atomic mass is 10.1. The Balaban J connectivity index is 1.58. The number of fused-ring (bicyclic) bond motifs is 1. The van der Waals surface area contributed by atoms with Crippen molar-refractivity contribution >= 4 is 22.9 Å². The lowest BCUT2D eigenvalue weighted by molar-refractivity contribution is 0.0952. The van der Waals surface area contributed by atoms with Crippen LogP contribution in [0.1, 0.15) is 27.2 Å². The molecule has 150 valence electrons. The zero-order valence-corrected chi connectivity index (χ0v) is 17.2. The van der Waals surface area contributed by atoms with Gasteiger partial charge in [0.1, 0.15) is 5.75 Å². The third kappa shape index (κ3) is 3.70. The van der Waals surface area contributed by atoms with Gasteiger partial charge in [-0.25, -0.2) is 5.43 Å². The molecule has 0 aliphatic rings. The first-order valence-corrected chi connectivity index (χ1v) is 9.72. The first-order valence-electron chi connectivity index (χ1n) is 9.72. The fourth-order valence-corrected chi connectivity index (χ4v) is 3.50. The summed E-state index contributed by atoms with van der Waals surface area (Å²) in [6.07, 6.45) is 3.63. The van der Waals surface area contributed by atoms with Gasteiger partial charge in [-0.05, 0) is 66.1 Å². The number of hydrazone groups is 1. The molecule has 30 heavy (non-hydrogen) atoms. The Morgan fingerprint density at radius 3 is 2.53 bits per heavy atom. The Morgan fingerprint density at radius 2 is 1.77 bits per heavy atom. The van der Waals surface area contributed by atoms with Gasteiger partial charge in [-0.1, -0.05) is 36.4 Å². The molecule has 0 radical (unpaired) electrons. The van der Waals surface area contributed by atoms with Crippen molar-refractivity contribution in [2.75, 3.05) is 7.11 Å². The molecule has 0 fully saturated rings. The van der Waals surface area contributed by atoms with E-state index in [1.165, 1.54) is 11.1 Å². The molecule has 0 saturated carbocycles. The highest BCUT2D eigenvalue weighted by Gasteiger charge is 2.13. The third-order valence-corrected chi connectivity index (χ3v) is 5.29. The van der Waals surface area contributed by atoms with E-state index < -0.39 is 0 Å². The van der Waals surface area contributed by atoms with Crippen molar-refractivity contribution < 1.29 is 9.53 Å². The van der Waals surface area contributed by atoms with Crippen molar-refractivity contribution in [3.63, 3.8) is 0 Å². The molecule has 4 rings (SSSR count). The second-order valence-corrected chi connectivity index (χ2v) is 7.12. The van der Waals surface area contributed by atoms with E-state index in [4.69, 9.17) is 4.74 Å². The first kappa shape index (κ1) is 19.5. The van der Waals surface area contributed by atoms with E-state index in [-0.39, 0.29) is 5.91 Å². The zero-order chi connectivity index (χ0) is 21.1. The van der Waals surface area contributed by atoms with Crippen LogP contribution in [0.2, 0.25) is 0 Å². The van der Waals surface area contributed by atoms with Gasteiger partial charge in [0, 0.05) is 11.9 Å². The second kappa shape index (κ2) is 8.25. The van der Waals surface area contributed by atoms with Crippen LogP contribution in [0.3, 0.4) is 0 Å². The fraction of sp³-hybridized carbons (Fsp3) is 0.120. The van der Waals surface area contributed by atoms with Crippen LogP contribution in [-0.2, 0) is 0 Å². The number of carbonyl (C=O) groups is 1. The van der Waals surface area contributed by atoms with Crippen LogP contribution in [0, 0.1) is 13.8 Å². The number of carbonyl (C=O) groups excluding carboxylic acids is 1. The van der Waals surface area contributed by atoms with Crippen LogP contribution in [0.25, 0.3) is 16.5 Å². The Kier molecular flexibility index (Phi) is 5.35. The number of aryl methyl sites for hydroxylation is 1. The van der Waals surface area contributed by atoms with E-state index in [1.54, 1.807) is 13.3 Å². The highest BCUT2D eigenvalue weighted by molar-refractivity contribution is 6.01. The van der Waals surface area contributed by atoms with Gasteiger partial charge in [0.15, 0.2) is 0 Å². The van der Waals surface area contributed by atoms with Gasteiger partial charge in [0.25, 0.3) is 5.91 Å². The number of rotatable bonds is 5. The molecular formula is C25H23N3O2. The van der Waals surface area contributed by atoms with Crippen LogP contribution in [0.15, 0.2) is 78.0 Å². The Bertz CT molecular complexity index is 1250. The number of amides is 1. The number of hydrogen-bond acceptors (Lipinski definition) is 3. The molecule has 0 aliphatic heterocycles. The third-order valence-electron chi connectivity index (χ3n) is 5.29. The van der Waals surface area contributed by atoms with Crippen LogP contribution < -0.4 is 10.2 Å². The maximum absolute atomic E-state index is 12.7. The highest BCUT2D eigenvalue weighted by Crippen LogP contribution is 2.26. The molecule has 1 amide bonds. The van der Waals surface area contributed by atoms with Gasteiger partial charge in [0.05, 0.1) is 24.6 Å². The quantitative estimate of drug-likeness (QED) is 0.380. The fourth-order valence-electron chi connectivity index (χ4n) is 3.50. The summed E-state index contributed by atoms with van der Waals surface area (Å²) < 4.78 is 7.46. The summed E-state index contributed by atoms with van der Waals surface area (Å²) in [7, 11) is 1.56. The van der Waals surface area contributed by atoms with Crippen molar-refractivity contribution in [3.8, 4) is 11.4 Å². The number of nitrogens with one attached hydrogen (secondary N) is 1. The molecule has 5 nitrogen and oxygen atoms in total. The number of hydrogen-bond donors (Lipinski definition) is 1. The molecule has 0 unspecified atom stereocenters. The predicted octanol–water partition coefficient (Wildman–Crippen LogP) is 5.02. The minimum Gasteiger partial charge on any atom is -0.496 e. The molecule has 0 saturated heterocycles. The molecule has 0 aliphatic carbocycles. The average molecular weight is 397 g/mol. The minimum absolute atomic E-state index is 0.321. The molecule has 3 aromatic carbocycles. The summed E-state index contributed by atoms with van der Waals surface area (Å²) in [5.41, 5.74) is 7.44. The molecule has 1 aromatic heterocycles. The molecule has 0 atom stereocenters. The summed E-state index contributed by atoms with van der Waals surface area (Å²) in [6.45, 7) is 4.19. The van der Waals surface area contributed by atoms with Crippen molar-refractivity contribution in [3.05, 3.63) is 95.3 Å². The van der Waals surface area contributed by atoms with Crippen molar-refractivity contribution in [1.29, 1.82) is 0 Å². The molecule has 0 bridgehead atoms. The normalized spacial score (nSPS) is 11.2. The summed E-state index contributed by atoms with van der Waals surface area (Å²) in [5.74, 6) is 0.193. The number of nitrogens with zero attached hydrogens (tertiary/aromatic N) is 2. The van der Waals surface area contributed by atoms with E-state index in [1.807, 2.05) is 60.8 Å². The Labute approximate surface area is 175 Å². The zero-order valence-electron chi connectivity index (χ0n) is 17.2. The van der Waals surface area contributed by atoms with Crippen LogP contribution in [-0.4, -0.2) is 23.8 Å². The number of methoxy groups -OCH3 is 1. The summed E-state index contributed by atoms with van der Waals surface area (Å²) in [5, 5.41) is 6.17. The van der Waals surface area contributed by atoms with Crippen LogP contribution in [0.5, 0.6) is 5.75 Å². The maximum Gasteiger partial charge on any atom is 0.275 e. The smallest absolute Gasteiger partial charge is 0.275 e. The van der Waals surface area contributed by atoms with Crippen molar-refractivity contribution in [2.45, 2.75) is 13.8 Å². The molecular weight excluding hydrogens is 374 g/mol. The van der Waals surface area contributed by atoms with E-state index >= 15 is 0 Å². The van der Waals surface area contributed by atoms with Crippen molar-refractivity contribution in [1.82, 2.24) is 9.99 Å². The first-order chi connectivity index (χ1) is 14.6. The SMILES string of the molecule is COc1cc2ccccc2cc1C(=O)N/N=C\c1cccn1-c1cccc(C)c1C. The monoisotopic (exact) mass is 397 g/mol. The van der Waals surface area contributed by atoms with Gasteiger partial charge >= 0.3 is 0 Å². The topological polar surface area (TPSA) is 55.6 Å².